The van der Waals surface area contributed by atoms with Gasteiger partial charge in [0, 0.05) is 19.6 Å². The van der Waals surface area contributed by atoms with Gasteiger partial charge in [0.25, 0.3) is 0 Å². The number of nitrogens with one attached hydrogen (secondary N) is 1. The molecule has 1 aromatic carbocycles. The van der Waals surface area contributed by atoms with Crippen LogP contribution in [-0.2, 0) is 6.42 Å². The van der Waals surface area contributed by atoms with Crippen molar-refractivity contribution in [1.29, 1.82) is 0 Å². The Bertz CT molecular complexity index is 461. The van der Waals surface area contributed by atoms with Gasteiger partial charge >= 0.3 is 6.03 Å². The zero-order valence-corrected chi connectivity index (χ0v) is 13.0. The Kier molecular flexibility index (Phi) is 8.09. The summed E-state index contributed by atoms with van der Waals surface area (Å²) < 4.78 is 10.4. The van der Waals surface area contributed by atoms with Crippen LogP contribution in [0.5, 0.6) is 11.5 Å². The zero-order valence-electron chi connectivity index (χ0n) is 13.0. The monoisotopic (exact) mass is 312 g/mol. The van der Waals surface area contributed by atoms with Crippen LogP contribution >= 0.6 is 0 Å². The number of aliphatic hydroxyl groups is 2. The van der Waals surface area contributed by atoms with Crippen molar-refractivity contribution in [2.24, 2.45) is 0 Å². The molecule has 0 aliphatic carbocycles. The molecule has 0 fully saturated rings. The third-order valence-electron chi connectivity index (χ3n) is 3.16. The van der Waals surface area contributed by atoms with E-state index in [4.69, 9.17) is 19.7 Å². The molecule has 0 aliphatic rings. The molecular weight excluding hydrogens is 288 g/mol. The SMILES string of the molecule is COc1ccc(CCNC(=O)N(CCO)CCO)cc1OC. The smallest absolute Gasteiger partial charge is 0.317 e. The molecule has 0 bridgehead atoms. The predicted octanol–water partition coefficient (Wildman–Crippen LogP) is 0.243. The number of amides is 2. The molecule has 0 heterocycles. The van der Waals surface area contributed by atoms with Crippen LogP contribution in [0.4, 0.5) is 4.79 Å². The second-order valence-corrected chi connectivity index (χ2v) is 4.61. The third kappa shape index (κ3) is 5.42. The summed E-state index contributed by atoms with van der Waals surface area (Å²) in [6.07, 6.45) is 0.637. The molecule has 7 nitrogen and oxygen atoms in total. The van der Waals surface area contributed by atoms with E-state index in [0.717, 1.165) is 5.56 Å². The summed E-state index contributed by atoms with van der Waals surface area (Å²) in [6.45, 7) is 0.569. The first-order valence-corrected chi connectivity index (χ1v) is 7.11. The van der Waals surface area contributed by atoms with Crippen LogP contribution in [-0.4, -0.2) is 68.2 Å². The number of benzene rings is 1. The first-order chi connectivity index (χ1) is 10.7. The third-order valence-corrected chi connectivity index (χ3v) is 3.16. The maximum absolute atomic E-state index is 11.9. The van der Waals surface area contributed by atoms with Gasteiger partial charge in [-0.25, -0.2) is 4.79 Å². The Morgan fingerprint density at radius 2 is 1.77 bits per heavy atom. The predicted molar refractivity (Wildman–Crippen MR) is 82.4 cm³/mol. The van der Waals surface area contributed by atoms with Gasteiger partial charge in [0.15, 0.2) is 11.5 Å². The van der Waals surface area contributed by atoms with Crippen LogP contribution in [0, 0.1) is 0 Å². The van der Waals surface area contributed by atoms with E-state index in [9.17, 15) is 4.79 Å². The molecule has 0 saturated heterocycles. The molecule has 0 radical (unpaired) electrons. The Morgan fingerprint density at radius 1 is 1.14 bits per heavy atom. The van der Waals surface area contributed by atoms with Crippen LogP contribution in [0.3, 0.4) is 0 Å². The summed E-state index contributed by atoms with van der Waals surface area (Å²) in [4.78, 5) is 13.3. The van der Waals surface area contributed by atoms with Gasteiger partial charge in [-0.2, -0.15) is 0 Å². The molecule has 1 aromatic rings. The molecule has 1 rings (SSSR count). The molecule has 0 aromatic heterocycles. The van der Waals surface area contributed by atoms with E-state index < -0.39 is 0 Å². The van der Waals surface area contributed by atoms with Gasteiger partial charge in [0.2, 0.25) is 0 Å². The Balaban J connectivity index is 2.50. The standard InChI is InChI=1S/C15H24N2O5/c1-21-13-4-3-12(11-14(13)22-2)5-6-16-15(20)17(7-9-18)8-10-19/h3-4,11,18-19H,5-10H2,1-2H3,(H,16,20). The van der Waals surface area contributed by atoms with E-state index in [0.29, 0.717) is 24.5 Å². The second-order valence-electron chi connectivity index (χ2n) is 4.61. The molecule has 0 spiro atoms. The summed E-state index contributed by atoms with van der Waals surface area (Å²) in [7, 11) is 3.15. The van der Waals surface area contributed by atoms with Gasteiger partial charge in [-0.1, -0.05) is 6.07 Å². The van der Waals surface area contributed by atoms with E-state index in [1.165, 1.54) is 4.90 Å². The van der Waals surface area contributed by atoms with Gasteiger partial charge < -0.3 is 29.9 Å². The first-order valence-electron chi connectivity index (χ1n) is 7.11. The maximum atomic E-state index is 11.9. The van der Waals surface area contributed by atoms with Gasteiger partial charge in [-0.3, -0.25) is 0 Å². The number of carbonyl (C=O) groups excluding carboxylic acids is 1. The highest BCUT2D eigenvalue weighted by Crippen LogP contribution is 2.27. The lowest BCUT2D eigenvalue weighted by Gasteiger charge is -2.21. The van der Waals surface area contributed by atoms with E-state index in [2.05, 4.69) is 5.32 Å². The molecule has 3 N–H and O–H groups in total. The average molecular weight is 312 g/mol. The number of ether oxygens (including phenoxy) is 2. The van der Waals surface area contributed by atoms with Crippen LogP contribution in [0.1, 0.15) is 5.56 Å². The van der Waals surface area contributed by atoms with Crippen LogP contribution in [0.15, 0.2) is 18.2 Å². The molecule has 7 heteroatoms. The lowest BCUT2D eigenvalue weighted by molar-refractivity contribution is 0.158. The summed E-state index contributed by atoms with van der Waals surface area (Å²) in [5.41, 5.74) is 1.01. The van der Waals surface area contributed by atoms with Crippen LogP contribution < -0.4 is 14.8 Å². The summed E-state index contributed by atoms with van der Waals surface area (Å²) in [5, 5.41) is 20.5. The molecule has 22 heavy (non-hydrogen) atoms. The van der Waals surface area contributed by atoms with Crippen molar-refractivity contribution >= 4 is 6.03 Å². The number of hydrogen-bond donors (Lipinski definition) is 3. The quantitative estimate of drug-likeness (QED) is 0.608. The van der Waals surface area contributed by atoms with Crippen LogP contribution in [0.2, 0.25) is 0 Å². The number of methoxy groups -OCH3 is 2. The zero-order chi connectivity index (χ0) is 16.4. The van der Waals surface area contributed by atoms with E-state index in [1.807, 2.05) is 18.2 Å². The second kappa shape index (κ2) is 9.86. The van der Waals surface area contributed by atoms with E-state index >= 15 is 0 Å². The van der Waals surface area contributed by atoms with Crippen molar-refractivity contribution in [2.75, 3.05) is 47.1 Å². The minimum Gasteiger partial charge on any atom is -0.493 e. The Hall–Kier alpha value is -1.99. The largest absolute Gasteiger partial charge is 0.493 e. The lowest BCUT2D eigenvalue weighted by Crippen LogP contribution is -2.43. The topological polar surface area (TPSA) is 91.3 Å². The van der Waals surface area contributed by atoms with Crippen molar-refractivity contribution in [2.45, 2.75) is 6.42 Å². The molecule has 2 amide bonds. The van der Waals surface area contributed by atoms with Crippen LogP contribution in [0.25, 0.3) is 0 Å². The maximum Gasteiger partial charge on any atom is 0.317 e. The molecule has 0 saturated carbocycles. The number of carbonyl (C=O) groups is 1. The highest BCUT2D eigenvalue weighted by Gasteiger charge is 2.11. The number of rotatable bonds is 9. The summed E-state index contributed by atoms with van der Waals surface area (Å²) >= 11 is 0. The van der Waals surface area contributed by atoms with Crippen molar-refractivity contribution in [3.8, 4) is 11.5 Å². The van der Waals surface area contributed by atoms with E-state index in [-0.39, 0.29) is 32.3 Å². The first kappa shape index (κ1) is 18.1. The molecule has 124 valence electrons. The van der Waals surface area contributed by atoms with E-state index in [1.54, 1.807) is 14.2 Å². The molecular formula is C15H24N2O5. The fourth-order valence-electron chi connectivity index (χ4n) is 2.02. The highest BCUT2D eigenvalue weighted by atomic mass is 16.5. The number of hydrogen-bond acceptors (Lipinski definition) is 5. The number of aliphatic hydroxyl groups excluding tert-OH is 2. The molecule has 0 atom stereocenters. The molecule has 0 unspecified atom stereocenters. The Morgan fingerprint density at radius 3 is 2.32 bits per heavy atom. The van der Waals surface area contributed by atoms with Crippen molar-refractivity contribution in [3.63, 3.8) is 0 Å². The number of urea groups is 1. The number of nitrogens with zero attached hydrogens (tertiary/aromatic N) is 1. The van der Waals surface area contributed by atoms with Gasteiger partial charge in [0.05, 0.1) is 27.4 Å². The lowest BCUT2D eigenvalue weighted by atomic mass is 10.1. The minimum absolute atomic E-state index is 0.136. The minimum atomic E-state index is -0.302. The summed E-state index contributed by atoms with van der Waals surface area (Å²) in [6, 6.07) is 5.29. The Labute approximate surface area is 130 Å². The van der Waals surface area contributed by atoms with Crippen molar-refractivity contribution in [1.82, 2.24) is 10.2 Å². The van der Waals surface area contributed by atoms with Gasteiger partial charge in [-0.05, 0) is 24.1 Å². The fraction of sp³-hybridized carbons (Fsp3) is 0.533. The molecule has 0 aliphatic heterocycles. The summed E-state index contributed by atoms with van der Waals surface area (Å²) in [5.74, 6) is 1.31. The average Bonchev–Trinajstić information content (AvgIpc) is 2.54. The fourth-order valence-corrected chi connectivity index (χ4v) is 2.02. The van der Waals surface area contributed by atoms with Gasteiger partial charge in [0.1, 0.15) is 0 Å². The highest BCUT2D eigenvalue weighted by molar-refractivity contribution is 5.74. The van der Waals surface area contributed by atoms with Crippen molar-refractivity contribution in [3.05, 3.63) is 23.8 Å². The normalized spacial score (nSPS) is 10.2. The van der Waals surface area contributed by atoms with Crippen molar-refractivity contribution < 1.29 is 24.5 Å². The van der Waals surface area contributed by atoms with Gasteiger partial charge in [-0.15, -0.1) is 0 Å².